The predicted molar refractivity (Wildman–Crippen MR) is 99.9 cm³/mol. The molecule has 1 rings (SSSR count). The molecule has 4 nitrogen and oxygen atoms in total. The smallest absolute Gasteiger partial charge is 0.417 e. The lowest BCUT2D eigenvalue weighted by Crippen LogP contribution is -2.41. The first-order valence-corrected chi connectivity index (χ1v) is 11.4. The summed E-state index contributed by atoms with van der Waals surface area (Å²) in [5.74, 6) is 0.367. The Morgan fingerprint density at radius 3 is 2.22 bits per heavy atom. The molecule has 1 amide bonds. The van der Waals surface area contributed by atoms with Crippen molar-refractivity contribution in [1.82, 2.24) is 5.32 Å². The van der Waals surface area contributed by atoms with E-state index in [1.165, 1.54) is 12.1 Å². The molecule has 0 unspecified atom stereocenters. The van der Waals surface area contributed by atoms with Gasteiger partial charge in [-0.15, -0.1) is 11.5 Å². The highest BCUT2D eigenvalue weighted by atomic mass is 28.3. The summed E-state index contributed by atoms with van der Waals surface area (Å²) in [5.41, 5.74) is 1.40. The first-order valence-electron chi connectivity index (χ1n) is 8.37. The number of carboxylic acid groups (broad SMARTS) is 1. The lowest BCUT2D eigenvalue weighted by atomic mass is 10.1. The van der Waals surface area contributed by atoms with E-state index in [4.69, 9.17) is 0 Å². The van der Waals surface area contributed by atoms with Crippen LogP contribution in [0.3, 0.4) is 0 Å². The van der Waals surface area contributed by atoms with Crippen molar-refractivity contribution in [2.75, 3.05) is 0 Å². The third kappa shape index (κ3) is 6.14. The number of benzene rings is 1. The summed E-state index contributed by atoms with van der Waals surface area (Å²) in [6.07, 6.45) is -4.89. The van der Waals surface area contributed by atoms with Crippen molar-refractivity contribution in [1.29, 1.82) is 0 Å². The molecule has 1 aromatic rings. The molecule has 0 aliphatic heterocycles. The molecule has 0 aromatic heterocycles. The molecule has 1 aromatic carbocycles. The Kier molecular flexibility index (Phi) is 6.89. The standard InChI is InChI=1S/C19H24F3NO3Si/c1-18(2,3)27(4,5)12-8-11-15(17(25)26)23-16(24)13-9-6-7-10-14(13)19(20,21)22/h6-7,9-10,15H,11H2,1-5H3,(H,23,24)(H,25,26)/t15-/m0/s1. The van der Waals surface area contributed by atoms with Crippen molar-refractivity contribution in [3.63, 3.8) is 0 Å². The lowest BCUT2D eigenvalue weighted by Gasteiger charge is -2.31. The van der Waals surface area contributed by atoms with Gasteiger partial charge in [-0.05, 0) is 17.2 Å². The van der Waals surface area contributed by atoms with Crippen LogP contribution in [0, 0.1) is 11.5 Å². The molecule has 148 valence electrons. The normalized spacial score (nSPS) is 13.3. The number of halogens is 3. The number of nitrogens with one attached hydrogen (secondary N) is 1. The summed E-state index contributed by atoms with van der Waals surface area (Å²) in [7, 11) is -1.96. The zero-order valence-corrected chi connectivity index (χ0v) is 17.0. The van der Waals surface area contributed by atoms with Gasteiger partial charge in [0.05, 0.1) is 11.1 Å². The van der Waals surface area contributed by atoms with Gasteiger partial charge in [-0.1, -0.05) is 46.0 Å². The second-order valence-corrected chi connectivity index (χ2v) is 12.8. The molecule has 0 bridgehead atoms. The summed E-state index contributed by atoms with van der Waals surface area (Å²) < 4.78 is 39.1. The van der Waals surface area contributed by atoms with E-state index in [2.05, 4.69) is 37.6 Å². The van der Waals surface area contributed by atoms with E-state index in [-0.39, 0.29) is 11.5 Å². The van der Waals surface area contributed by atoms with Crippen LogP contribution in [-0.2, 0) is 11.0 Å². The Balaban J connectivity index is 3.01. The fraction of sp³-hybridized carbons (Fsp3) is 0.474. The minimum Gasteiger partial charge on any atom is -0.480 e. The van der Waals surface area contributed by atoms with Crippen LogP contribution in [0.5, 0.6) is 0 Å². The van der Waals surface area contributed by atoms with Crippen LogP contribution in [0.1, 0.15) is 43.1 Å². The third-order valence-electron chi connectivity index (χ3n) is 4.66. The summed E-state index contributed by atoms with van der Waals surface area (Å²) >= 11 is 0. The topological polar surface area (TPSA) is 66.4 Å². The van der Waals surface area contributed by atoms with Crippen molar-refractivity contribution < 1.29 is 27.9 Å². The van der Waals surface area contributed by atoms with E-state index in [0.29, 0.717) is 0 Å². The van der Waals surface area contributed by atoms with Crippen molar-refractivity contribution in [2.24, 2.45) is 0 Å². The maximum Gasteiger partial charge on any atom is 0.417 e. The van der Waals surface area contributed by atoms with Gasteiger partial charge in [0.15, 0.2) is 0 Å². The molecule has 0 aliphatic carbocycles. The fourth-order valence-electron chi connectivity index (χ4n) is 1.93. The van der Waals surface area contributed by atoms with Crippen molar-refractivity contribution in [3.8, 4) is 11.5 Å². The van der Waals surface area contributed by atoms with Gasteiger partial charge in [-0.3, -0.25) is 4.79 Å². The summed E-state index contributed by atoms with van der Waals surface area (Å²) in [6.45, 7) is 10.3. The zero-order valence-electron chi connectivity index (χ0n) is 16.0. The van der Waals surface area contributed by atoms with Gasteiger partial charge in [0.2, 0.25) is 0 Å². The summed E-state index contributed by atoms with van der Waals surface area (Å²) in [6, 6.07) is 2.85. The SMILES string of the molecule is CC(C)(C)[Si](C)(C)C#CC[C@H](NC(=O)c1ccccc1C(F)(F)F)C(=O)O. The molecule has 0 spiro atoms. The predicted octanol–water partition coefficient (Wildman–Crippen LogP) is 4.33. The minimum atomic E-state index is -4.71. The second-order valence-electron chi connectivity index (χ2n) is 7.79. The molecule has 0 fully saturated rings. The van der Waals surface area contributed by atoms with Crippen molar-refractivity contribution in [3.05, 3.63) is 35.4 Å². The Labute approximate surface area is 158 Å². The van der Waals surface area contributed by atoms with Gasteiger partial charge in [-0.25, -0.2) is 4.79 Å². The molecule has 0 saturated heterocycles. The van der Waals surface area contributed by atoms with Crippen LogP contribution < -0.4 is 5.32 Å². The van der Waals surface area contributed by atoms with Gasteiger partial charge in [0.25, 0.3) is 5.91 Å². The van der Waals surface area contributed by atoms with E-state index in [0.717, 1.165) is 12.1 Å². The Morgan fingerprint density at radius 2 is 1.74 bits per heavy atom. The number of amides is 1. The largest absolute Gasteiger partial charge is 0.480 e. The number of carboxylic acids is 1. The van der Waals surface area contributed by atoms with Crippen molar-refractivity contribution in [2.45, 2.75) is 57.5 Å². The van der Waals surface area contributed by atoms with Crippen LogP contribution in [0.2, 0.25) is 18.1 Å². The number of carbonyl (C=O) groups is 2. The average molecular weight is 399 g/mol. The van der Waals surface area contributed by atoms with E-state index >= 15 is 0 Å². The van der Waals surface area contributed by atoms with Crippen molar-refractivity contribution >= 4 is 20.0 Å². The zero-order chi connectivity index (χ0) is 21.0. The van der Waals surface area contributed by atoms with Crippen LogP contribution >= 0.6 is 0 Å². The molecule has 1 atom stereocenters. The van der Waals surface area contributed by atoms with Crippen LogP contribution in [0.15, 0.2) is 24.3 Å². The molecule has 2 N–H and O–H groups in total. The first kappa shape index (κ1) is 22.8. The van der Waals surface area contributed by atoms with Gasteiger partial charge < -0.3 is 10.4 Å². The molecular formula is C19H24F3NO3Si. The maximum atomic E-state index is 13.0. The van der Waals surface area contributed by atoms with Crippen LogP contribution in [-0.4, -0.2) is 31.1 Å². The highest BCUT2D eigenvalue weighted by Crippen LogP contribution is 2.35. The van der Waals surface area contributed by atoms with E-state index in [1.54, 1.807) is 0 Å². The Hall–Kier alpha value is -2.27. The Bertz CT molecular complexity index is 771. The fourth-order valence-corrected chi connectivity index (χ4v) is 2.84. The number of alkyl halides is 3. The van der Waals surface area contributed by atoms with Gasteiger partial charge in [-0.2, -0.15) is 13.2 Å². The highest BCUT2D eigenvalue weighted by Gasteiger charge is 2.36. The number of hydrogen-bond donors (Lipinski definition) is 2. The average Bonchev–Trinajstić information content (AvgIpc) is 2.51. The van der Waals surface area contributed by atoms with Crippen LogP contribution in [0.4, 0.5) is 13.2 Å². The van der Waals surface area contributed by atoms with E-state index in [9.17, 15) is 27.9 Å². The number of hydrogen-bond acceptors (Lipinski definition) is 2. The molecule has 0 saturated carbocycles. The molecule has 0 heterocycles. The number of carbonyl (C=O) groups excluding carboxylic acids is 1. The molecule has 27 heavy (non-hydrogen) atoms. The molecular weight excluding hydrogens is 375 g/mol. The molecule has 0 radical (unpaired) electrons. The van der Waals surface area contributed by atoms with Gasteiger partial charge in [0, 0.05) is 6.42 Å². The summed E-state index contributed by atoms with van der Waals surface area (Å²) in [4.78, 5) is 23.6. The minimum absolute atomic E-state index is 0.0202. The highest BCUT2D eigenvalue weighted by molar-refractivity contribution is 6.87. The van der Waals surface area contributed by atoms with Gasteiger partial charge in [0.1, 0.15) is 14.1 Å². The maximum absolute atomic E-state index is 13.0. The Morgan fingerprint density at radius 1 is 1.19 bits per heavy atom. The third-order valence-corrected chi connectivity index (χ3v) is 9.21. The molecule has 8 heteroatoms. The second kappa shape index (κ2) is 8.17. The van der Waals surface area contributed by atoms with Gasteiger partial charge >= 0.3 is 12.1 Å². The van der Waals surface area contributed by atoms with Crippen LogP contribution in [0.25, 0.3) is 0 Å². The number of rotatable bonds is 4. The lowest BCUT2D eigenvalue weighted by molar-refractivity contribution is -0.139. The monoisotopic (exact) mass is 399 g/mol. The number of aliphatic carboxylic acids is 1. The first-order chi connectivity index (χ1) is 12.2. The quantitative estimate of drug-likeness (QED) is 0.585. The summed E-state index contributed by atoms with van der Waals surface area (Å²) in [5, 5.41) is 11.4. The molecule has 0 aliphatic rings. The van der Waals surface area contributed by atoms with E-state index in [1.807, 2.05) is 13.1 Å². The van der Waals surface area contributed by atoms with E-state index < -0.39 is 43.3 Å².